The standard InChI is InChI=1S/C23H24N4/c1-4-15-12(2)5-6-16-13(3)27-11-14-9-18-20(8-7-19(24)22(18)25)26-23(14)21(27)10-17(15)16/h7-10,15H,2-6,11,24-25H2,1H3/t15-/m0/s1. The van der Waals surface area contributed by atoms with Gasteiger partial charge in [-0.3, -0.25) is 0 Å². The average Bonchev–Trinajstić information content (AvgIpc) is 3.02. The third-order valence-corrected chi connectivity index (χ3v) is 6.30. The smallest absolute Gasteiger partial charge is 0.0924 e. The topological polar surface area (TPSA) is 68.2 Å². The molecule has 5 rings (SSSR count). The van der Waals surface area contributed by atoms with Crippen LogP contribution in [0.1, 0.15) is 37.4 Å². The van der Waals surface area contributed by atoms with Gasteiger partial charge in [0.1, 0.15) is 0 Å². The average molecular weight is 356 g/mol. The number of rotatable bonds is 1. The second-order valence-corrected chi connectivity index (χ2v) is 7.75. The normalized spacial score (nSPS) is 21.3. The predicted molar refractivity (Wildman–Crippen MR) is 112 cm³/mol. The van der Waals surface area contributed by atoms with E-state index in [2.05, 4.69) is 37.1 Å². The van der Waals surface area contributed by atoms with Gasteiger partial charge in [-0.2, -0.15) is 0 Å². The fourth-order valence-electron chi connectivity index (χ4n) is 4.79. The fraction of sp³-hybridized carbons (Fsp3) is 0.261. The molecule has 2 aliphatic heterocycles. The lowest BCUT2D eigenvalue weighted by Gasteiger charge is -2.37. The van der Waals surface area contributed by atoms with Gasteiger partial charge in [0.15, 0.2) is 0 Å². The molecule has 0 unspecified atom stereocenters. The molecule has 1 atom stereocenters. The molecule has 2 aromatic rings. The van der Waals surface area contributed by atoms with Crippen LogP contribution in [0.4, 0.5) is 11.4 Å². The minimum Gasteiger partial charge on any atom is -0.397 e. The summed E-state index contributed by atoms with van der Waals surface area (Å²) in [7, 11) is 0. The lowest BCUT2D eigenvalue weighted by atomic mass is 9.75. The molecule has 0 radical (unpaired) electrons. The Morgan fingerprint density at radius 3 is 2.81 bits per heavy atom. The lowest BCUT2D eigenvalue weighted by Crippen LogP contribution is -2.25. The minimum absolute atomic E-state index is 0.417. The van der Waals surface area contributed by atoms with E-state index in [9.17, 15) is 0 Å². The summed E-state index contributed by atoms with van der Waals surface area (Å²) < 4.78 is 0. The van der Waals surface area contributed by atoms with E-state index in [0.717, 1.165) is 53.8 Å². The van der Waals surface area contributed by atoms with Crippen molar-refractivity contribution < 1.29 is 0 Å². The van der Waals surface area contributed by atoms with Crippen molar-refractivity contribution in [2.24, 2.45) is 5.92 Å². The van der Waals surface area contributed by atoms with Crippen LogP contribution < -0.4 is 11.5 Å². The third kappa shape index (κ3) is 2.13. The van der Waals surface area contributed by atoms with E-state index in [-0.39, 0.29) is 0 Å². The number of hydrogen-bond acceptors (Lipinski definition) is 4. The number of nitrogens with zero attached hydrogens (tertiary/aromatic N) is 2. The van der Waals surface area contributed by atoms with Crippen molar-refractivity contribution in [1.82, 2.24) is 9.88 Å². The van der Waals surface area contributed by atoms with Gasteiger partial charge in [-0.25, -0.2) is 4.98 Å². The van der Waals surface area contributed by atoms with Gasteiger partial charge in [-0.05, 0) is 54.7 Å². The molecule has 4 nitrogen and oxygen atoms in total. The van der Waals surface area contributed by atoms with Crippen molar-refractivity contribution in [2.45, 2.75) is 32.7 Å². The van der Waals surface area contributed by atoms with Gasteiger partial charge in [0, 0.05) is 22.6 Å². The number of nitrogen functional groups attached to an aromatic ring is 2. The quantitative estimate of drug-likeness (QED) is 0.571. The summed E-state index contributed by atoms with van der Waals surface area (Å²) >= 11 is 0. The highest BCUT2D eigenvalue weighted by molar-refractivity contribution is 5.98. The molecular formula is C23H24N4. The number of pyridine rings is 1. The molecule has 0 saturated carbocycles. The summed E-state index contributed by atoms with van der Waals surface area (Å²) in [5.41, 5.74) is 22.9. The van der Waals surface area contributed by atoms with Gasteiger partial charge in [0.2, 0.25) is 0 Å². The van der Waals surface area contributed by atoms with Gasteiger partial charge in [0.05, 0.1) is 34.8 Å². The van der Waals surface area contributed by atoms with Crippen molar-refractivity contribution in [2.75, 3.05) is 11.5 Å². The van der Waals surface area contributed by atoms with Crippen LogP contribution >= 0.6 is 0 Å². The molecule has 3 aliphatic rings. The molecule has 3 heterocycles. The van der Waals surface area contributed by atoms with Crippen LogP contribution in [0.25, 0.3) is 16.6 Å². The van der Waals surface area contributed by atoms with Crippen LogP contribution in [0.5, 0.6) is 0 Å². The van der Waals surface area contributed by atoms with Crippen molar-refractivity contribution in [3.8, 4) is 0 Å². The van der Waals surface area contributed by atoms with Crippen LogP contribution in [0.15, 0.2) is 59.8 Å². The maximum atomic E-state index is 6.20. The maximum absolute atomic E-state index is 6.20. The van der Waals surface area contributed by atoms with Crippen molar-refractivity contribution in [3.63, 3.8) is 0 Å². The highest BCUT2D eigenvalue weighted by atomic mass is 15.2. The molecule has 4 N–H and O–H groups in total. The third-order valence-electron chi connectivity index (χ3n) is 6.30. The van der Waals surface area contributed by atoms with E-state index in [1.165, 1.54) is 22.3 Å². The molecule has 0 saturated heterocycles. The van der Waals surface area contributed by atoms with Crippen molar-refractivity contribution in [1.29, 1.82) is 0 Å². The van der Waals surface area contributed by atoms with E-state index in [4.69, 9.17) is 16.5 Å². The zero-order chi connectivity index (χ0) is 18.9. The molecule has 1 aromatic carbocycles. The maximum Gasteiger partial charge on any atom is 0.0924 e. The Labute approximate surface area is 159 Å². The Bertz CT molecular complexity index is 1100. The van der Waals surface area contributed by atoms with Crippen molar-refractivity contribution >= 4 is 28.0 Å². The molecule has 1 aromatic heterocycles. The number of allylic oxidation sites excluding steroid dienone is 4. The lowest BCUT2D eigenvalue weighted by molar-refractivity contribution is 0.490. The number of fused-ring (bicyclic) bond motifs is 4. The van der Waals surface area contributed by atoms with E-state index < -0.39 is 0 Å². The Hall–Kier alpha value is -3.01. The van der Waals surface area contributed by atoms with Gasteiger partial charge < -0.3 is 16.4 Å². The number of anilines is 2. The van der Waals surface area contributed by atoms with Gasteiger partial charge in [-0.15, -0.1) is 0 Å². The highest BCUT2D eigenvalue weighted by Crippen LogP contribution is 2.48. The van der Waals surface area contributed by atoms with Crippen LogP contribution in [-0.4, -0.2) is 9.88 Å². The van der Waals surface area contributed by atoms with E-state index in [0.29, 0.717) is 17.3 Å². The Balaban J connectivity index is 1.71. The molecular weight excluding hydrogens is 332 g/mol. The van der Waals surface area contributed by atoms with Crippen LogP contribution in [0.2, 0.25) is 0 Å². The van der Waals surface area contributed by atoms with Gasteiger partial charge in [-0.1, -0.05) is 25.7 Å². The molecule has 1 aliphatic carbocycles. The first-order valence-electron chi connectivity index (χ1n) is 9.56. The minimum atomic E-state index is 0.417. The second-order valence-electron chi connectivity index (χ2n) is 7.75. The molecule has 0 amide bonds. The first-order valence-corrected chi connectivity index (χ1v) is 9.56. The first-order chi connectivity index (χ1) is 13.0. The predicted octanol–water partition coefficient (Wildman–Crippen LogP) is 4.76. The first kappa shape index (κ1) is 16.2. The second kappa shape index (κ2) is 5.49. The summed E-state index contributed by atoms with van der Waals surface area (Å²) in [4.78, 5) is 7.25. The molecule has 0 bridgehead atoms. The van der Waals surface area contributed by atoms with Crippen LogP contribution in [0, 0.1) is 5.92 Å². The summed E-state index contributed by atoms with van der Waals surface area (Å²) in [6.07, 6.45) is 5.48. The van der Waals surface area contributed by atoms with Crippen LogP contribution in [-0.2, 0) is 6.54 Å². The van der Waals surface area contributed by atoms with Crippen LogP contribution in [0.3, 0.4) is 0 Å². The SMILES string of the molecule is C=C1CCC2=C(C=C3c4nc5ccc(N)c(N)c5cc4CN3C2=C)[C@H]1CC. The van der Waals surface area contributed by atoms with Gasteiger partial charge in [0.25, 0.3) is 0 Å². The Morgan fingerprint density at radius 1 is 1.22 bits per heavy atom. The van der Waals surface area contributed by atoms with Crippen molar-refractivity contribution in [3.05, 3.63) is 71.1 Å². The van der Waals surface area contributed by atoms with E-state index in [1.54, 1.807) is 0 Å². The summed E-state index contributed by atoms with van der Waals surface area (Å²) in [6, 6.07) is 5.92. The summed E-state index contributed by atoms with van der Waals surface area (Å²) in [6.45, 7) is 11.8. The zero-order valence-corrected chi connectivity index (χ0v) is 15.7. The number of hydrogen-bond donors (Lipinski definition) is 2. The van der Waals surface area contributed by atoms with Gasteiger partial charge >= 0.3 is 0 Å². The fourth-order valence-corrected chi connectivity index (χ4v) is 4.79. The highest BCUT2D eigenvalue weighted by Gasteiger charge is 2.36. The summed E-state index contributed by atoms with van der Waals surface area (Å²) in [5.74, 6) is 0.417. The number of aromatic nitrogens is 1. The van der Waals surface area contributed by atoms with E-state index in [1.807, 2.05) is 12.1 Å². The molecule has 0 spiro atoms. The molecule has 136 valence electrons. The monoisotopic (exact) mass is 356 g/mol. The summed E-state index contributed by atoms with van der Waals surface area (Å²) in [5, 5.41) is 0.928. The Morgan fingerprint density at radius 2 is 2.04 bits per heavy atom. The zero-order valence-electron chi connectivity index (χ0n) is 15.7. The molecule has 4 heteroatoms. The molecule has 27 heavy (non-hydrogen) atoms. The number of nitrogens with two attached hydrogens (primary N) is 2. The number of benzene rings is 1. The van der Waals surface area contributed by atoms with E-state index >= 15 is 0 Å². The Kier molecular flexibility index (Phi) is 3.29. The largest absolute Gasteiger partial charge is 0.397 e. The molecule has 0 fully saturated rings.